The number of nitrogens with one attached hydrogen (secondary N) is 2. The molecule has 0 saturated heterocycles. The highest BCUT2D eigenvalue weighted by Crippen LogP contribution is 2.30. The molecule has 0 aliphatic heterocycles. The quantitative estimate of drug-likeness (QED) is 0.750. The molecule has 2 aromatic rings. The summed E-state index contributed by atoms with van der Waals surface area (Å²) in [6.07, 6.45) is 5.88. The Bertz CT molecular complexity index is 631. The van der Waals surface area contributed by atoms with E-state index < -0.39 is 0 Å². The lowest BCUT2D eigenvalue weighted by atomic mass is 10.0. The lowest BCUT2D eigenvalue weighted by Gasteiger charge is -2.05. The highest BCUT2D eigenvalue weighted by molar-refractivity contribution is 6.06. The van der Waals surface area contributed by atoms with E-state index in [1.165, 1.54) is 35.9 Å². The third-order valence-corrected chi connectivity index (χ3v) is 4.03. The van der Waals surface area contributed by atoms with E-state index in [1.807, 2.05) is 12.1 Å². The summed E-state index contributed by atoms with van der Waals surface area (Å²) in [5, 5.41) is 12.7. The van der Waals surface area contributed by atoms with Crippen LogP contribution < -0.4 is 5.32 Å². The second-order valence-corrected chi connectivity index (χ2v) is 5.35. The lowest BCUT2D eigenvalue weighted by molar-refractivity contribution is 0.0946. The number of aromatic nitrogens is 1. The summed E-state index contributed by atoms with van der Waals surface area (Å²) >= 11 is 0. The monoisotopic (exact) mass is 272 g/mol. The van der Waals surface area contributed by atoms with Gasteiger partial charge in [-0.1, -0.05) is 18.6 Å². The topological polar surface area (TPSA) is 65.1 Å². The fraction of sp³-hybridized carbons (Fsp3) is 0.438. The number of aryl methyl sites for hydroxylation is 2. The molecule has 0 spiro atoms. The fourth-order valence-electron chi connectivity index (χ4n) is 3.06. The number of H-pyrrole nitrogens is 1. The van der Waals surface area contributed by atoms with Crippen molar-refractivity contribution in [1.29, 1.82) is 0 Å². The second-order valence-electron chi connectivity index (χ2n) is 5.35. The van der Waals surface area contributed by atoms with Crippen LogP contribution in [0.25, 0.3) is 10.9 Å². The molecule has 0 bridgehead atoms. The van der Waals surface area contributed by atoms with E-state index in [1.54, 1.807) is 0 Å². The predicted octanol–water partition coefficient (Wildman–Crippen LogP) is 2.16. The summed E-state index contributed by atoms with van der Waals surface area (Å²) in [7, 11) is 0. The molecule has 1 amide bonds. The Morgan fingerprint density at radius 3 is 2.95 bits per heavy atom. The number of fused-ring (bicyclic) bond motifs is 3. The molecule has 1 aliphatic rings. The Labute approximate surface area is 118 Å². The number of hydrogen-bond acceptors (Lipinski definition) is 2. The van der Waals surface area contributed by atoms with Gasteiger partial charge < -0.3 is 15.4 Å². The molecule has 4 heteroatoms. The number of benzene rings is 1. The van der Waals surface area contributed by atoms with E-state index >= 15 is 0 Å². The molecule has 3 rings (SSSR count). The van der Waals surface area contributed by atoms with E-state index in [0.717, 1.165) is 18.4 Å². The fourth-order valence-corrected chi connectivity index (χ4v) is 3.06. The van der Waals surface area contributed by atoms with Crippen LogP contribution in [0.2, 0.25) is 0 Å². The normalized spacial score (nSPS) is 14.8. The summed E-state index contributed by atoms with van der Waals surface area (Å²) in [4.78, 5) is 15.6. The van der Waals surface area contributed by atoms with E-state index in [0.29, 0.717) is 5.56 Å². The summed E-state index contributed by atoms with van der Waals surface area (Å²) in [5.74, 6) is -0.124. The minimum absolute atomic E-state index is 0.0387. The van der Waals surface area contributed by atoms with E-state index in [2.05, 4.69) is 16.4 Å². The maximum Gasteiger partial charge on any atom is 0.253 e. The van der Waals surface area contributed by atoms with Crippen LogP contribution in [0.3, 0.4) is 0 Å². The zero-order valence-corrected chi connectivity index (χ0v) is 11.5. The molecule has 1 aromatic carbocycles. The van der Waals surface area contributed by atoms with Gasteiger partial charge in [-0.3, -0.25) is 4.79 Å². The van der Waals surface area contributed by atoms with Crippen LogP contribution in [0.15, 0.2) is 18.2 Å². The van der Waals surface area contributed by atoms with Crippen molar-refractivity contribution in [2.75, 3.05) is 13.2 Å². The summed E-state index contributed by atoms with van der Waals surface area (Å²) in [6, 6.07) is 5.87. The Hall–Kier alpha value is -1.81. The molecule has 0 fully saturated rings. The van der Waals surface area contributed by atoms with Crippen molar-refractivity contribution in [3.63, 3.8) is 0 Å². The average molecular weight is 272 g/mol. The van der Waals surface area contributed by atoms with Gasteiger partial charge in [0.2, 0.25) is 0 Å². The second kappa shape index (κ2) is 5.67. The Morgan fingerprint density at radius 2 is 2.10 bits per heavy atom. The van der Waals surface area contributed by atoms with Crippen LogP contribution in [0, 0.1) is 0 Å². The number of rotatable bonds is 3. The number of hydrogen-bond donors (Lipinski definition) is 3. The molecule has 0 atom stereocenters. The van der Waals surface area contributed by atoms with Crippen LogP contribution >= 0.6 is 0 Å². The molecule has 0 radical (unpaired) electrons. The third-order valence-electron chi connectivity index (χ3n) is 4.03. The van der Waals surface area contributed by atoms with Crippen LogP contribution in [0.1, 0.15) is 40.9 Å². The smallest absolute Gasteiger partial charge is 0.253 e. The molecule has 0 saturated carbocycles. The van der Waals surface area contributed by atoms with Crippen LogP contribution in [0.4, 0.5) is 0 Å². The van der Waals surface area contributed by atoms with Gasteiger partial charge in [-0.25, -0.2) is 0 Å². The predicted molar refractivity (Wildman–Crippen MR) is 79.0 cm³/mol. The first-order valence-corrected chi connectivity index (χ1v) is 7.33. The zero-order valence-electron chi connectivity index (χ0n) is 11.5. The molecule has 0 unspecified atom stereocenters. The van der Waals surface area contributed by atoms with Crippen molar-refractivity contribution in [3.8, 4) is 0 Å². The molecular weight excluding hydrogens is 252 g/mol. The van der Waals surface area contributed by atoms with Gasteiger partial charge in [0.1, 0.15) is 0 Å². The van der Waals surface area contributed by atoms with E-state index in [-0.39, 0.29) is 19.1 Å². The average Bonchev–Trinajstić information content (AvgIpc) is 2.66. The highest BCUT2D eigenvalue weighted by atomic mass is 16.3. The summed E-state index contributed by atoms with van der Waals surface area (Å²) in [6.45, 7) is 0.249. The van der Waals surface area contributed by atoms with Gasteiger partial charge in [-0.2, -0.15) is 0 Å². The van der Waals surface area contributed by atoms with Crippen molar-refractivity contribution in [2.24, 2.45) is 0 Å². The molecule has 1 heterocycles. The first-order valence-electron chi connectivity index (χ1n) is 7.33. The van der Waals surface area contributed by atoms with Crippen molar-refractivity contribution >= 4 is 16.8 Å². The maximum absolute atomic E-state index is 12.2. The van der Waals surface area contributed by atoms with Crippen LogP contribution in [-0.2, 0) is 12.8 Å². The van der Waals surface area contributed by atoms with Gasteiger partial charge in [0.25, 0.3) is 5.91 Å². The van der Waals surface area contributed by atoms with Gasteiger partial charge in [-0.15, -0.1) is 0 Å². The minimum Gasteiger partial charge on any atom is -0.395 e. The molecule has 4 nitrogen and oxygen atoms in total. The number of aromatic amines is 1. The number of amides is 1. The van der Waals surface area contributed by atoms with Gasteiger partial charge in [0, 0.05) is 17.6 Å². The van der Waals surface area contributed by atoms with E-state index in [9.17, 15) is 4.79 Å². The SMILES string of the molecule is O=C(NCCO)c1cccc2c3c([nH]c12)CCCCC3. The molecule has 1 aromatic heterocycles. The van der Waals surface area contributed by atoms with Gasteiger partial charge in [-0.05, 0) is 37.3 Å². The Morgan fingerprint density at radius 1 is 1.25 bits per heavy atom. The van der Waals surface area contributed by atoms with Crippen molar-refractivity contribution in [1.82, 2.24) is 10.3 Å². The zero-order chi connectivity index (χ0) is 13.9. The van der Waals surface area contributed by atoms with Gasteiger partial charge in [0.05, 0.1) is 17.7 Å². The first kappa shape index (κ1) is 13.2. The van der Waals surface area contributed by atoms with Crippen LogP contribution in [0.5, 0.6) is 0 Å². The Balaban J connectivity index is 2.04. The van der Waals surface area contributed by atoms with Crippen LogP contribution in [-0.4, -0.2) is 29.1 Å². The summed E-state index contributed by atoms with van der Waals surface area (Å²) in [5.41, 5.74) is 4.29. The molecule has 3 N–H and O–H groups in total. The number of aliphatic hydroxyl groups excluding tert-OH is 1. The van der Waals surface area contributed by atoms with Crippen molar-refractivity contribution < 1.29 is 9.90 Å². The van der Waals surface area contributed by atoms with Crippen molar-refractivity contribution in [3.05, 3.63) is 35.0 Å². The van der Waals surface area contributed by atoms with Crippen molar-refractivity contribution in [2.45, 2.75) is 32.1 Å². The Kier molecular flexibility index (Phi) is 3.74. The molecule has 1 aliphatic carbocycles. The number of carbonyl (C=O) groups excluding carboxylic acids is 1. The minimum atomic E-state index is -0.124. The molecular formula is C16H20N2O2. The molecule has 106 valence electrons. The lowest BCUT2D eigenvalue weighted by Crippen LogP contribution is -2.26. The van der Waals surface area contributed by atoms with Gasteiger partial charge in [0.15, 0.2) is 0 Å². The highest BCUT2D eigenvalue weighted by Gasteiger charge is 2.18. The van der Waals surface area contributed by atoms with Gasteiger partial charge >= 0.3 is 0 Å². The van der Waals surface area contributed by atoms with E-state index in [4.69, 9.17) is 5.11 Å². The number of para-hydroxylation sites is 1. The number of aliphatic hydroxyl groups is 1. The first-order chi connectivity index (χ1) is 9.81. The largest absolute Gasteiger partial charge is 0.395 e. The third kappa shape index (κ3) is 2.31. The maximum atomic E-state index is 12.2. The summed E-state index contributed by atoms with van der Waals surface area (Å²) < 4.78 is 0. The molecule has 20 heavy (non-hydrogen) atoms. The number of carbonyl (C=O) groups is 1. The standard InChI is InChI=1S/C16H20N2O2/c19-10-9-17-16(20)13-7-4-6-12-11-5-2-1-3-8-14(11)18-15(12)13/h4,6-7,18-19H,1-3,5,8-10H2,(H,17,20).